The van der Waals surface area contributed by atoms with Gasteiger partial charge < -0.3 is 10.2 Å². The topological polar surface area (TPSA) is 78.1 Å². The van der Waals surface area contributed by atoms with Crippen molar-refractivity contribution in [2.45, 2.75) is 32.6 Å². The van der Waals surface area contributed by atoms with Gasteiger partial charge in [0.2, 0.25) is 5.91 Å². The molecule has 120 valence electrons. The van der Waals surface area contributed by atoms with Gasteiger partial charge >= 0.3 is 0 Å². The molecule has 1 saturated heterocycles. The fourth-order valence-corrected chi connectivity index (χ4v) is 2.65. The predicted molar refractivity (Wildman–Crippen MR) is 88.7 cm³/mol. The molecule has 0 atom stereocenters. The molecule has 2 heterocycles. The SMILES string of the molecule is CC(C)c1cc(C(=O)Nc2ccccc2N2CCCC2=O)n[nH]1. The van der Waals surface area contributed by atoms with Crippen molar-refractivity contribution in [1.29, 1.82) is 0 Å². The molecular formula is C17H20N4O2. The molecule has 1 aliphatic heterocycles. The van der Waals surface area contributed by atoms with Gasteiger partial charge in [-0.05, 0) is 30.5 Å². The van der Waals surface area contributed by atoms with Crippen LogP contribution in [0.4, 0.5) is 11.4 Å². The van der Waals surface area contributed by atoms with Gasteiger partial charge in [0.05, 0.1) is 11.4 Å². The van der Waals surface area contributed by atoms with Gasteiger partial charge in [0, 0.05) is 18.7 Å². The molecule has 0 aliphatic carbocycles. The largest absolute Gasteiger partial charge is 0.319 e. The van der Waals surface area contributed by atoms with Gasteiger partial charge in [-0.25, -0.2) is 0 Å². The first-order valence-electron chi connectivity index (χ1n) is 7.82. The van der Waals surface area contributed by atoms with Crippen LogP contribution in [0, 0.1) is 0 Å². The smallest absolute Gasteiger partial charge is 0.276 e. The molecule has 6 nitrogen and oxygen atoms in total. The number of benzene rings is 1. The lowest BCUT2D eigenvalue weighted by molar-refractivity contribution is -0.117. The van der Waals surface area contributed by atoms with E-state index in [-0.39, 0.29) is 17.7 Å². The number of hydrogen-bond acceptors (Lipinski definition) is 3. The second kappa shape index (κ2) is 6.24. The number of carbonyl (C=O) groups excluding carboxylic acids is 2. The summed E-state index contributed by atoms with van der Waals surface area (Å²) in [4.78, 5) is 26.1. The van der Waals surface area contributed by atoms with Crippen molar-refractivity contribution in [2.24, 2.45) is 0 Å². The monoisotopic (exact) mass is 312 g/mol. The zero-order chi connectivity index (χ0) is 16.4. The van der Waals surface area contributed by atoms with Crippen LogP contribution in [0.25, 0.3) is 0 Å². The van der Waals surface area contributed by atoms with Crippen LogP contribution in [0.3, 0.4) is 0 Å². The summed E-state index contributed by atoms with van der Waals surface area (Å²) in [5, 5.41) is 9.79. The maximum absolute atomic E-state index is 12.4. The summed E-state index contributed by atoms with van der Waals surface area (Å²) in [5.74, 6) is 0.0827. The molecule has 2 amide bonds. The van der Waals surface area contributed by atoms with Crippen molar-refractivity contribution >= 4 is 23.2 Å². The Balaban J connectivity index is 1.82. The maximum Gasteiger partial charge on any atom is 0.276 e. The number of rotatable bonds is 4. The molecule has 1 aliphatic rings. The molecule has 1 fully saturated rings. The third kappa shape index (κ3) is 3.11. The van der Waals surface area contributed by atoms with Gasteiger partial charge in [-0.15, -0.1) is 0 Å². The summed E-state index contributed by atoms with van der Waals surface area (Å²) >= 11 is 0. The zero-order valence-corrected chi connectivity index (χ0v) is 13.3. The lowest BCUT2D eigenvalue weighted by Gasteiger charge is -2.19. The maximum atomic E-state index is 12.4. The standard InChI is InChI=1S/C17H20N4O2/c1-11(2)13-10-14(20-19-13)17(23)18-12-6-3-4-7-15(12)21-9-5-8-16(21)22/h3-4,6-7,10-11H,5,8-9H2,1-2H3,(H,18,23)(H,19,20). The highest BCUT2D eigenvalue weighted by atomic mass is 16.2. The van der Waals surface area contributed by atoms with Gasteiger partial charge in [0.15, 0.2) is 5.69 Å². The van der Waals surface area contributed by atoms with E-state index in [0.717, 1.165) is 17.8 Å². The number of H-pyrrole nitrogens is 1. The summed E-state index contributed by atoms with van der Waals surface area (Å²) in [5.41, 5.74) is 2.62. The Labute approximate surface area is 134 Å². The minimum atomic E-state index is -0.285. The molecule has 0 saturated carbocycles. The first-order chi connectivity index (χ1) is 11.1. The normalized spacial score (nSPS) is 14.6. The number of amides is 2. The Morgan fingerprint density at radius 3 is 2.78 bits per heavy atom. The van der Waals surface area contributed by atoms with E-state index < -0.39 is 0 Å². The Hall–Kier alpha value is -2.63. The molecule has 0 unspecified atom stereocenters. The van der Waals surface area contributed by atoms with Crippen molar-refractivity contribution in [3.05, 3.63) is 41.7 Å². The Bertz CT molecular complexity index is 736. The molecule has 0 spiro atoms. The number of para-hydroxylation sites is 2. The second-order valence-corrected chi connectivity index (χ2v) is 5.98. The quantitative estimate of drug-likeness (QED) is 0.911. The summed E-state index contributed by atoms with van der Waals surface area (Å²) in [6, 6.07) is 9.10. The van der Waals surface area contributed by atoms with E-state index in [1.807, 2.05) is 32.0 Å². The highest BCUT2D eigenvalue weighted by Crippen LogP contribution is 2.29. The van der Waals surface area contributed by atoms with Crippen molar-refractivity contribution < 1.29 is 9.59 Å². The molecule has 0 radical (unpaired) electrons. The van der Waals surface area contributed by atoms with E-state index in [1.54, 1.807) is 17.0 Å². The van der Waals surface area contributed by atoms with Crippen LogP contribution in [0.1, 0.15) is 48.8 Å². The number of aromatic amines is 1. The third-order valence-corrected chi connectivity index (χ3v) is 3.97. The van der Waals surface area contributed by atoms with Gasteiger partial charge in [-0.1, -0.05) is 26.0 Å². The highest BCUT2D eigenvalue weighted by Gasteiger charge is 2.24. The summed E-state index contributed by atoms with van der Waals surface area (Å²) in [7, 11) is 0. The Kier molecular flexibility index (Phi) is 4.14. The van der Waals surface area contributed by atoms with Crippen LogP contribution in [-0.2, 0) is 4.79 Å². The lowest BCUT2D eigenvalue weighted by atomic mass is 10.1. The van der Waals surface area contributed by atoms with Crippen molar-refractivity contribution in [3.8, 4) is 0 Å². The molecule has 0 bridgehead atoms. The van der Waals surface area contributed by atoms with Crippen LogP contribution in [0.5, 0.6) is 0 Å². The number of hydrogen-bond donors (Lipinski definition) is 2. The highest BCUT2D eigenvalue weighted by molar-refractivity contribution is 6.07. The molecular weight excluding hydrogens is 292 g/mol. The van der Waals surface area contributed by atoms with Crippen LogP contribution in [0.2, 0.25) is 0 Å². The van der Waals surface area contributed by atoms with E-state index in [1.165, 1.54) is 0 Å². The van der Waals surface area contributed by atoms with E-state index in [0.29, 0.717) is 24.3 Å². The number of aromatic nitrogens is 2. The van der Waals surface area contributed by atoms with Crippen LogP contribution < -0.4 is 10.2 Å². The Morgan fingerprint density at radius 1 is 1.35 bits per heavy atom. The van der Waals surface area contributed by atoms with Crippen molar-refractivity contribution in [1.82, 2.24) is 10.2 Å². The fraction of sp³-hybridized carbons (Fsp3) is 0.353. The number of carbonyl (C=O) groups is 2. The molecule has 23 heavy (non-hydrogen) atoms. The average molecular weight is 312 g/mol. The minimum Gasteiger partial charge on any atom is -0.319 e. The fourth-order valence-electron chi connectivity index (χ4n) is 2.65. The predicted octanol–water partition coefficient (Wildman–Crippen LogP) is 2.91. The van der Waals surface area contributed by atoms with Crippen molar-refractivity contribution in [2.75, 3.05) is 16.8 Å². The molecule has 2 N–H and O–H groups in total. The summed E-state index contributed by atoms with van der Waals surface area (Å²) in [6.45, 7) is 4.75. The molecule has 1 aromatic carbocycles. The van der Waals surface area contributed by atoms with Crippen molar-refractivity contribution in [3.63, 3.8) is 0 Å². The first-order valence-corrected chi connectivity index (χ1v) is 7.82. The molecule has 2 aromatic rings. The first kappa shape index (κ1) is 15.3. The van der Waals surface area contributed by atoms with E-state index in [4.69, 9.17) is 0 Å². The molecule has 1 aromatic heterocycles. The average Bonchev–Trinajstić information content (AvgIpc) is 3.17. The second-order valence-electron chi connectivity index (χ2n) is 5.98. The number of nitrogens with zero attached hydrogens (tertiary/aromatic N) is 2. The van der Waals surface area contributed by atoms with Gasteiger partial charge in [-0.2, -0.15) is 5.10 Å². The van der Waals surface area contributed by atoms with E-state index >= 15 is 0 Å². The van der Waals surface area contributed by atoms with Crippen LogP contribution in [0.15, 0.2) is 30.3 Å². The van der Waals surface area contributed by atoms with Gasteiger partial charge in [0.1, 0.15) is 0 Å². The number of anilines is 2. The summed E-state index contributed by atoms with van der Waals surface area (Å²) in [6.07, 6.45) is 1.40. The zero-order valence-electron chi connectivity index (χ0n) is 13.3. The summed E-state index contributed by atoms with van der Waals surface area (Å²) < 4.78 is 0. The minimum absolute atomic E-state index is 0.0913. The van der Waals surface area contributed by atoms with Crippen LogP contribution >= 0.6 is 0 Å². The lowest BCUT2D eigenvalue weighted by Crippen LogP contribution is -2.25. The van der Waals surface area contributed by atoms with Gasteiger partial charge in [0.25, 0.3) is 5.91 Å². The van der Waals surface area contributed by atoms with E-state index in [2.05, 4.69) is 15.5 Å². The molecule has 6 heteroatoms. The number of nitrogens with one attached hydrogen (secondary N) is 2. The Morgan fingerprint density at radius 2 is 2.13 bits per heavy atom. The van der Waals surface area contributed by atoms with E-state index in [9.17, 15) is 9.59 Å². The molecule has 3 rings (SSSR count). The van der Waals surface area contributed by atoms with Crippen LogP contribution in [-0.4, -0.2) is 28.6 Å². The van der Waals surface area contributed by atoms with Gasteiger partial charge in [-0.3, -0.25) is 14.7 Å². The third-order valence-electron chi connectivity index (χ3n) is 3.97.